The predicted octanol–water partition coefficient (Wildman–Crippen LogP) is 1.63. The number of aliphatic imine (C=N–C) groups is 1. The molecule has 3 aliphatic rings. The summed E-state index contributed by atoms with van der Waals surface area (Å²) in [6, 6.07) is 0. The smallest absolute Gasteiger partial charge is 0.193 e. The molecule has 3 aliphatic heterocycles. The lowest BCUT2D eigenvalue weighted by atomic mass is 9.76. The summed E-state index contributed by atoms with van der Waals surface area (Å²) in [5, 5.41) is 13.4. The minimum atomic E-state index is -0.111. The molecule has 0 aromatic carbocycles. The molecule has 3 heterocycles. The molecule has 1 unspecified atom stereocenters. The third kappa shape index (κ3) is 4.66. The van der Waals surface area contributed by atoms with Gasteiger partial charge in [-0.2, -0.15) is 0 Å². The molecule has 6 heteroatoms. The standard InChI is InChI=1S/C19H35N3O3/c1-2-20-17(21-13-18(15-23)7-11-24-12-8-18)22-9-3-5-19(14-22)6-4-10-25-16-19/h23H,2-16H2,1H3,(H,20,21). The summed E-state index contributed by atoms with van der Waals surface area (Å²) in [5.74, 6) is 1.01. The normalized spacial score (nSPS) is 30.5. The molecule has 0 aromatic rings. The lowest BCUT2D eigenvalue weighted by Crippen LogP contribution is -2.53. The summed E-state index contributed by atoms with van der Waals surface area (Å²) in [6.45, 7) is 9.22. The molecule has 3 fully saturated rings. The number of hydrogen-bond acceptors (Lipinski definition) is 4. The lowest BCUT2D eigenvalue weighted by Gasteiger charge is -2.46. The number of likely N-dealkylation sites (tertiary alicyclic amines) is 1. The van der Waals surface area contributed by atoms with Gasteiger partial charge < -0.3 is 24.8 Å². The fourth-order valence-corrected chi connectivity index (χ4v) is 4.46. The van der Waals surface area contributed by atoms with Crippen LogP contribution < -0.4 is 5.32 Å². The van der Waals surface area contributed by atoms with Crippen LogP contribution in [0.4, 0.5) is 0 Å². The van der Waals surface area contributed by atoms with Crippen LogP contribution >= 0.6 is 0 Å². The highest BCUT2D eigenvalue weighted by molar-refractivity contribution is 5.80. The Kier molecular flexibility index (Phi) is 6.58. The number of hydrogen-bond donors (Lipinski definition) is 2. The third-order valence-corrected chi connectivity index (χ3v) is 6.15. The highest BCUT2D eigenvalue weighted by atomic mass is 16.5. The highest BCUT2D eigenvalue weighted by Crippen LogP contribution is 2.37. The number of aliphatic hydroxyl groups is 1. The van der Waals surface area contributed by atoms with Crippen LogP contribution in [0.3, 0.4) is 0 Å². The Hall–Kier alpha value is -0.850. The van der Waals surface area contributed by atoms with Crippen molar-refractivity contribution in [2.24, 2.45) is 15.8 Å². The average molecular weight is 354 g/mol. The minimum Gasteiger partial charge on any atom is -0.396 e. The first-order valence-corrected chi connectivity index (χ1v) is 10.0. The second-order valence-corrected chi connectivity index (χ2v) is 8.12. The molecular weight excluding hydrogens is 318 g/mol. The van der Waals surface area contributed by atoms with Crippen LogP contribution in [0.25, 0.3) is 0 Å². The summed E-state index contributed by atoms with van der Waals surface area (Å²) >= 11 is 0. The van der Waals surface area contributed by atoms with Crippen molar-refractivity contribution in [2.75, 3.05) is 59.2 Å². The van der Waals surface area contributed by atoms with E-state index in [1.54, 1.807) is 0 Å². The molecule has 1 spiro atoms. The van der Waals surface area contributed by atoms with Crippen molar-refractivity contribution in [1.82, 2.24) is 10.2 Å². The molecule has 2 N–H and O–H groups in total. The molecule has 25 heavy (non-hydrogen) atoms. The zero-order valence-electron chi connectivity index (χ0n) is 15.8. The van der Waals surface area contributed by atoms with Crippen molar-refractivity contribution < 1.29 is 14.6 Å². The summed E-state index contributed by atoms with van der Waals surface area (Å²) < 4.78 is 11.3. The van der Waals surface area contributed by atoms with Gasteiger partial charge in [0.1, 0.15) is 0 Å². The van der Waals surface area contributed by atoms with Crippen molar-refractivity contribution in [2.45, 2.75) is 45.4 Å². The Labute approximate surface area is 152 Å². The Morgan fingerprint density at radius 2 is 1.92 bits per heavy atom. The first kappa shape index (κ1) is 18.9. The van der Waals surface area contributed by atoms with Crippen molar-refractivity contribution in [1.29, 1.82) is 0 Å². The van der Waals surface area contributed by atoms with Gasteiger partial charge in [0.2, 0.25) is 0 Å². The van der Waals surface area contributed by atoms with Gasteiger partial charge in [-0.1, -0.05) is 0 Å². The van der Waals surface area contributed by atoms with Crippen molar-refractivity contribution in [3.8, 4) is 0 Å². The molecule has 0 amide bonds. The number of aliphatic hydroxyl groups excluding tert-OH is 1. The van der Waals surface area contributed by atoms with Crippen molar-refractivity contribution >= 4 is 5.96 Å². The summed E-state index contributed by atoms with van der Waals surface area (Å²) in [4.78, 5) is 7.38. The van der Waals surface area contributed by atoms with E-state index in [1.807, 2.05) is 0 Å². The SMILES string of the molecule is CCNC(=NCC1(CO)CCOCC1)N1CCCC2(CCCOC2)C1. The molecule has 0 bridgehead atoms. The van der Waals surface area contributed by atoms with E-state index in [2.05, 4.69) is 17.1 Å². The van der Waals surface area contributed by atoms with Crippen LogP contribution in [0, 0.1) is 10.8 Å². The van der Waals surface area contributed by atoms with Gasteiger partial charge in [-0.25, -0.2) is 0 Å². The maximum Gasteiger partial charge on any atom is 0.193 e. The quantitative estimate of drug-likeness (QED) is 0.594. The molecule has 0 radical (unpaired) electrons. The van der Waals surface area contributed by atoms with E-state index in [0.29, 0.717) is 12.0 Å². The zero-order chi connectivity index (χ0) is 17.6. The Balaban J connectivity index is 1.68. The molecule has 0 aromatic heterocycles. The number of nitrogens with one attached hydrogen (secondary N) is 1. The number of ether oxygens (including phenoxy) is 2. The molecule has 1 atom stereocenters. The molecule has 144 valence electrons. The Morgan fingerprint density at radius 1 is 1.12 bits per heavy atom. The second kappa shape index (κ2) is 8.69. The van der Waals surface area contributed by atoms with Crippen LogP contribution in [0.2, 0.25) is 0 Å². The molecule has 0 saturated carbocycles. The number of nitrogens with zero attached hydrogens (tertiary/aromatic N) is 2. The monoisotopic (exact) mass is 353 g/mol. The van der Waals surface area contributed by atoms with E-state index < -0.39 is 0 Å². The maximum atomic E-state index is 9.92. The van der Waals surface area contributed by atoms with Crippen LogP contribution in [0.1, 0.15) is 45.4 Å². The number of guanidine groups is 1. The van der Waals surface area contributed by atoms with Gasteiger partial charge in [0.15, 0.2) is 5.96 Å². The van der Waals surface area contributed by atoms with Crippen molar-refractivity contribution in [3.63, 3.8) is 0 Å². The van der Waals surface area contributed by atoms with E-state index in [1.165, 1.54) is 25.7 Å². The fourth-order valence-electron chi connectivity index (χ4n) is 4.46. The Morgan fingerprint density at radius 3 is 2.60 bits per heavy atom. The predicted molar refractivity (Wildman–Crippen MR) is 98.8 cm³/mol. The van der Waals surface area contributed by atoms with Crippen LogP contribution in [-0.4, -0.2) is 75.2 Å². The van der Waals surface area contributed by atoms with Gasteiger partial charge >= 0.3 is 0 Å². The summed E-state index contributed by atoms with van der Waals surface area (Å²) in [7, 11) is 0. The van der Waals surface area contributed by atoms with Crippen LogP contribution in [-0.2, 0) is 9.47 Å². The molecule has 3 saturated heterocycles. The molecule has 3 rings (SSSR count). The van der Waals surface area contributed by atoms with Crippen LogP contribution in [0.5, 0.6) is 0 Å². The molecular formula is C19H35N3O3. The third-order valence-electron chi connectivity index (χ3n) is 6.15. The molecule has 6 nitrogen and oxygen atoms in total. The topological polar surface area (TPSA) is 66.3 Å². The highest BCUT2D eigenvalue weighted by Gasteiger charge is 2.38. The fraction of sp³-hybridized carbons (Fsp3) is 0.947. The van der Waals surface area contributed by atoms with Gasteiger partial charge in [0.05, 0.1) is 19.8 Å². The van der Waals surface area contributed by atoms with E-state index in [-0.39, 0.29) is 12.0 Å². The molecule has 0 aliphatic carbocycles. The van der Waals surface area contributed by atoms with Gasteiger partial charge in [0, 0.05) is 50.3 Å². The van der Waals surface area contributed by atoms with Gasteiger partial charge in [0.25, 0.3) is 0 Å². The van der Waals surface area contributed by atoms with Crippen molar-refractivity contribution in [3.05, 3.63) is 0 Å². The van der Waals surface area contributed by atoms with E-state index in [0.717, 1.165) is 64.9 Å². The summed E-state index contributed by atoms with van der Waals surface area (Å²) in [6.07, 6.45) is 6.69. The van der Waals surface area contributed by atoms with E-state index in [4.69, 9.17) is 14.5 Å². The summed E-state index contributed by atoms with van der Waals surface area (Å²) in [5.41, 5.74) is 0.195. The van der Waals surface area contributed by atoms with E-state index >= 15 is 0 Å². The van der Waals surface area contributed by atoms with Crippen LogP contribution in [0.15, 0.2) is 4.99 Å². The number of rotatable bonds is 4. The van der Waals surface area contributed by atoms with E-state index in [9.17, 15) is 5.11 Å². The maximum absolute atomic E-state index is 9.92. The number of piperidine rings is 1. The minimum absolute atomic E-state index is 0.111. The zero-order valence-corrected chi connectivity index (χ0v) is 15.8. The van der Waals surface area contributed by atoms with Gasteiger partial charge in [-0.05, 0) is 45.4 Å². The first-order valence-electron chi connectivity index (χ1n) is 10.0. The largest absolute Gasteiger partial charge is 0.396 e. The average Bonchev–Trinajstić information content (AvgIpc) is 2.66. The Bertz CT molecular complexity index is 438. The first-order chi connectivity index (χ1) is 12.2. The second-order valence-electron chi connectivity index (χ2n) is 8.12. The van der Waals surface area contributed by atoms with Gasteiger partial charge in [-0.15, -0.1) is 0 Å². The lowest BCUT2D eigenvalue weighted by molar-refractivity contribution is -0.0372. The van der Waals surface area contributed by atoms with Gasteiger partial charge in [-0.3, -0.25) is 4.99 Å².